The summed E-state index contributed by atoms with van der Waals surface area (Å²) < 4.78 is 0. The molecule has 1 aromatic rings. The summed E-state index contributed by atoms with van der Waals surface area (Å²) in [5.41, 5.74) is 0.457. The summed E-state index contributed by atoms with van der Waals surface area (Å²) in [5, 5.41) is 25.0. The predicted molar refractivity (Wildman–Crippen MR) is 64.2 cm³/mol. The van der Waals surface area contributed by atoms with Crippen LogP contribution >= 0.6 is 0 Å². The molecule has 0 fully saturated rings. The lowest BCUT2D eigenvalue weighted by Crippen LogP contribution is -2.36. The van der Waals surface area contributed by atoms with Crippen LogP contribution in [0.15, 0.2) is 12.3 Å². The van der Waals surface area contributed by atoms with Crippen LogP contribution < -0.4 is 10.6 Å². The Morgan fingerprint density at radius 1 is 1.67 bits per heavy atom. The van der Waals surface area contributed by atoms with Crippen LogP contribution in [0.2, 0.25) is 0 Å². The van der Waals surface area contributed by atoms with E-state index < -0.39 is 16.9 Å². The largest absolute Gasteiger partial charge is 0.381 e. The standard InChI is InChI=1S/C10H14N4O4/c1-6-3-7(14(17)18)4-12-9(6)13-5-8(15)10(16)11-2/h3-4,8,15H,5H2,1-2H3,(H,11,16)(H,12,13)/t8-/m1/s1. The summed E-state index contributed by atoms with van der Waals surface area (Å²) >= 11 is 0. The number of hydrogen-bond donors (Lipinski definition) is 3. The number of nitro groups is 1. The van der Waals surface area contributed by atoms with Gasteiger partial charge in [0.15, 0.2) is 0 Å². The summed E-state index contributed by atoms with van der Waals surface area (Å²) in [6.07, 6.45) is -0.0897. The molecule has 0 unspecified atom stereocenters. The zero-order valence-corrected chi connectivity index (χ0v) is 10.0. The van der Waals surface area contributed by atoms with Crippen LogP contribution in [0.25, 0.3) is 0 Å². The predicted octanol–water partition coefficient (Wildman–Crippen LogP) is -0.183. The summed E-state index contributed by atoms with van der Waals surface area (Å²) in [7, 11) is 1.42. The highest BCUT2D eigenvalue weighted by atomic mass is 16.6. The number of amides is 1. The zero-order chi connectivity index (χ0) is 13.7. The highest BCUT2D eigenvalue weighted by Crippen LogP contribution is 2.17. The van der Waals surface area contributed by atoms with Gasteiger partial charge in [0, 0.05) is 13.1 Å². The van der Waals surface area contributed by atoms with E-state index in [1.54, 1.807) is 6.92 Å². The average Bonchev–Trinajstić information content (AvgIpc) is 2.35. The Labute approximate surface area is 103 Å². The molecule has 1 heterocycles. The van der Waals surface area contributed by atoms with Crippen molar-refractivity contribution in [3.8, 4) is 0 Å². The monoisotopic (exact) mass is 254 g/mol. The minimum atomic E-state index is -1.20. The first-order valence-corrected chi connectivity index (χ1v) is 5.20. The van der Waals surface area contributed by atoms with Crippen LogP contribution in [0.1, 0.15) is 5.56 Å². The van der Waals surface area contributed by atoms with E-state index in [4.69, 9.17) is 0 Å². The molecule has 98 valence electrons. The van der Waals surface area contributed by atoms with E-state index >= 15 is 0 Å². The van der Waals surface area contributed by atoms with Crippen LogP contribution in [-0.2, 0) is 4.79 Å². The minimum Gasteiger partial charge on any atom is -0.381 e. The van der Waals surface area contributed by atoms with Gasteiger partial charge in [-0.15, -0.1) is 0 Å². The Hall–Kier alpha value is -2.22. The molecule has 1 aromatic heterocycles. The van der Waals surface area contributed by atoms with Crippen molar-refractivity contribution in [3.63, 3.8) is 0 Å². The summed E-state index contributed by atoms with van der Waals surface area (Å²) in [5.74, 6) is -0.120. The van der Waals surface area contributed by atoms with Gasteiger partial charge in [-0.25, -0.2) is 4.98 Å². The SMILES string of the molecule is CNC(=O)[C@H](O)CNc1ncc([N+](=O)[O-])cc1C. The Kier molecular flexibility index (Phi) is 4.55. The van der Waals surface area contributed by atoms with Gasteiger partial charge in [-0.1, -0.05) is 0 Å². The molecule has 0 bridgehead atoms. The molecule has 1 atom stereocenters. The number of nitrogens with one attached hydrogen (secondary N) is 2. The van der Waals surface area contributed by atoms with E-state index in [1.807, 2.05) is 0 Å². The fourth-order valence-corrected chi connectivity index (χ4v) is 1.30. The van der Waals surface area contributed by atoms with Crippen molar-refractivity contribution in [1.82, 2.24) is 10.3 Å². The molecule has 0 aliphatic carbocycles. The van der Waals surface area contributed by atoms with Crippen LogP contribution in [0.3, 0.4) is 0 Å². The zero-order valence-electron chi connectivity index (χ0n) is 10.0. The summed E-state index contributed by atoms with van der Waals surface area (Å²) in [6.45, 7) is 1.62. The van der Waals surface area contributed by atoms with Crippen molar-refractivity contribution in [2.24, 2.45) is 0 Å². The van der Waals surface area contributed by atoms with Gasteiger partial charge in [-0.3, -0.25) is 14.9 Å². The average molecular weight is 254 g/mol. The van der Waals surface area contributed by atoms with Crippen molar-refractivity contribution >= 4 is 17.4 Å². The van der Waals surface area contributed by atoms with Gasteiger partial charge in [0.2, 0.25) is 5.91 Å². The quantitative estimate of drug-likeness (QED) is 0.495. The molecule has 0 saturated heterocycles. The second-order valence-corrected chi connectivity index (χ2v) is 3.63. The smallest absolute Gasteiger partial charge is 0.287 e. The first kappa shape index (κ1) is 13.8. The first-order valence-electron chi connectivity index (χ1n) is 5.20. The molecule has 1 amide bonds. The van der Waals surface area contributed by atoms with E-state index in [-0.39, 0.29) is 12.2 Å². The lowest BCUT2D eigenvalue weighted by atomic mass is 10.2. The molecule has 18 heavy (non-hydrogen) atoms. The summed E-state index contributed by atoms with van der Waals surface area (Å²) in [6, 6.07) is 1.36. The lowest BCUT2D eigenvalue weighted by Gasteiger charge is -2.12. The molecule has 0 aliphatic rings. The van der Waals surface area contributed by atoms with Gasteiger partial charge in [0.25, 0.3) is 5.69 Å². The number of aryl methyl sites for hydroxylation is 1. The molecular weight excluding hydrogens is 240 g/mol. The van der Waals surface area contributed by atoms with Gasteiger partial charge in [-0.05, 0) is 12.5 Å². The Bertz CT molecular complexity index is 463. The van der Waals surface area contributed by atoms with E-state index in [1.165, 1.54) is 13.1 Å². The molecule has 0 aliphatic heterocycles. The number of aromatic nitrogens is 1. The number of carbonyl (C=O) groups excluding carboxylic acids is 1. The molecule has 8 heteroatoms. The van der Waals surface area contributed by atoms with Crippen molar-refractivity contribution in [3.05, 3.63) is 27.9 Å². The third-order valence-corrected chi connectivity index (χ3v) is 2.29. The number of aliphatic hydroxyl groups excluding tert-OH is 1. The van der Waals surface area contributed by atoms with E-state index in [0.29, 0.717) is 11.4 Å². The number of likely N-dealkylation sites (N-methyl/N-ethyl adjacent to an activating group) is 1. The molecule has 1 rings (SSSR count). The van der Waals surface area contributed by atoms with Gasteiger partial charge in [0.05, 0.1) is 11.5 Å². The number of anilines is 1. The molecule has 0 spiro atoms. The number of carbonyl (C=O) groups is 1. The third kappa shape index (κ3) is 3.39. The highest BCUT2D eigenvalue weighted by Gasteiger charge is 2.14. The van der Waals surface area contributed by atoms with Crippen molar-refractivity contribution in [1.29, 1.82) is 0 Å². The van der Waals surface area contributed by atoms with E-state index in [0.717, 1.165) is 6.20 Å². The van der Waals surface area contributed by atoms with Gasteiger partial charge in [-0.2, -0.15) is 0 Å². The van der Waals surface area contributed by atoms with Crippen LogP contribution in [0.5, 0.6) is 0 Å². The Morgan fingerprint density at radius 2 is 2.33 bits per heavy atom. The fourth-order valence-electron chi connectivity index (χ4n) is 1.30. The van der Waals surface area contributed by atoms with Crippen molar-refractivity contribution in [2.45, 2.75) is 13.0 Å². The topological polar surface area (TPSA) is 117 Å². The summed E-state index contributed by atoms with van der Waals surface area (Å²) in [4.78, 5) is 24.9. The lowest BCUT2D eigenvalue weighted by molar-refractivity contribution is -0.385. The van der Waals surface area contributed by atoms with Crippen molar-refractivity contribution in [2.75, 3.05) is 18.9 Å². The third-order valence-electron chi connectivity index (χ3n) is 2.29. The Morgan fingerprint density at radius 3 is 2.83 bits per heavy atom. The fraction of sp³-hybridized carbons (Fsp3) is 0.400. The van der Waals surface area contributed by atoms with Crippen LogP contribution in [-0.4, -0.2) is 40.6 Å². The minimum absolute atomic E-state index is 0.0225. The molecule has 3 N–H and O–H groups in total. The maximum Gasteiger partial charge on any atom is 0.287 e. The van der Waals surface area contributed by atoms with Gasteiger partial charge in [0.1, 0.15) is 18.1 Å². The van der Waals surface area contributed by atoms with Gasteiger partial charge < -0.3 is 15.7 Å². The van der Waals surface area contributed by atoms with Gasteiger partial charge >= 0.3 is 0 Å². The molecular formula is C10H14N4O4. The molecule has 0 saturated carbocycles. The number of aliphatic hydroxyl groups is 1. The highest BCUT2D eigenvalue weighted by molar-refractivity contribution is 5.80. The second kappa shape index (κ2) is 5.92. The first-order chi connectivity index (χ1) is 8.45. The number of nitrogens with zero attached hydrogens (tertiary/aromatic N) is 2. The number of rotatable bonds is 5. The maximum atomic E-state index is 11.1. The van der Waals surface area contributed by atoms with Crippen LogP contribution in [0, 0.1) is 17.0 Å². The second-order valence-electron chi connectivity index (χ2n) is 3.63. The molecule has 0 aromatic carbocycles. The molecule has 8 nitrogen and oxygen atoms in total. The number of pyridine rings is 1. The van der Waals surface area contributed by atoms with Crippen LogP contribution in [0.4, 0.5) is 11.5 Å². The Balaban J connectivity index is 2.69. The van der Waals surface area contributed by atoms with E-state index in [9.17, 15) is 20.0 Å². The maximum absolute atomic E-state index is 11.1. The van der Waals surface area contributed by atoms with Crippen molar-refractivity contribution < 1.29 is 14.8 Å². The normalized spacial score (nSPS) is 11.7. The van der Waals surface area contributed by atoms with E-state index in [2.05, 4.69) is 15.6 Å². The number of hydrogen-bond acceptors (Lipinski definition) is 6. The molecule has 0 radical (unpaired) electrons.